The number of carbonyl (C=O) groups is 1. The van der Waals surface area contributed by atoms with Crippen LogP contribution in [0.1, 0.15) is 24.5 Å². The molecule has 1 amide bonds. The van der Waals surface area contributed by atoms with Gasteiger partial charge in [0, 0.05) is 31.0 Å². The van der Waals surface area contributed by atoms with Crippen LogP contribution in [0.15, 0.2) is 65.0 Å². The van der Waals surface area contributed by atoms with Gasteiger partial charge in [0.05, 0.1) is 5.69 Å². The van der Waals surface area contributed by atoms with Gasteiger partial charge in [-0.25, -0.2) is 4.98 Å². The van der Waals surface area contributed by atoms with Crippen molar-refractivity contribution in [3.63, 3.8) is 0 Å². The Bertz CT molecular complexity index is 968. The van der Waals surface area contributed by atoms with E-state index in [-0.39, 0.29) is 5.91 Å². The molecule has 7 heteroatoms. The van der Waals surface area contributed by atoms with Gasteiger partial charge in [0.2, 0.25) is 5.91 Å². The van der Waals surface area contributed by atoms with Crippen LogP contribution in [0.4, 0.5) is 5.13 Å². The highest BCUT2D eigenvalue weighted by molar-refractivity contribution is 7.14. The topological polar surface area (TPSA) is 92.4 Å². The van der Waals surface area contributed by atoms with Gasteiger partial charge in [-0.15, -0.1) is 11.3 Å². The lowest BCUT2D eigenvalue weighted by Crippen LogP contribution is -2.22. The third-order valence-electron chi connectivity index (χ3n) is 4.25. The van der Waals surface area contributed by atoms with Gasteiger partial charge < -0.3 is 16.4 Å². The van der Waals surface area contributed by atoms with Gasteiger partial charge in [0.25, 0.3) is 0 Å². The normalized spacial score (nSPS) is 11.3. The van der Waals surface area contributed by atoms with Crippen LogP contribution in [0.25, 0.3) is 11.3 Å². The fraction of sp³-hybridized carbons (Fsp3) is 0.227. The molecule has 2 aromatic carbocycles. The van der Waals surface area contributed by atoms with Crippen LogP contribution in [-0.2, 0) is 17.8 Å². The lowest BCUT2D eigenvalue weighted by Gasteiger charge is -2.04. The Labute approximate surface area is 174 Å². The minimum Gasteiger partial charge on any atom is -0.370 e. The van der Waals surface area contributed by atoms with E-state index in [0.29, 0.717) is 24.2 Å². The van der Waals surface area contributed by atoms with Crippen molar-refractivity contribution < 1.29 is 4.79 Å². The standard InChI is InChI=1S/C22H25N5OS/c1-16(28)25-14-18-9-5-11-19(13-18)20-15-29-22(26-20)27-21(23)24-12-6-10-17-7-3-2-4-8-17/h2-5,7-9,11,13,15H,6,10,12,14H2,1H3,(H,25,28)(H3,23,24,26,27). The van der Waals surface area contributed by atoms with E-state index in [2.05, 4.69) is 32.7 Å². The monoisotopic (exact) mass is 407 g/mol. The molecule has 4 N–H and O–H groups in total. The summed E-state index contributed by atoms with van der Waals surface area (Å²) in [4.78, 5) is 20.1. The molecule has 0 fully saturated rings. The average molecular weight is 408 g/mol. The van der Waals surface area contributed by atoms with Gasteiger partial charge in [0.1, 0.15) is 0 Å². The van der Waals surface area contributed by atoms with Crippen molar-refractivity contribution in [2.75, 3.05) is 11.9 Å². The van der Waals surface area contributed by atoms with E-state index < -0.39 is 0 Å². The van der Waals surface area contributed by atoms with E-state index in [0.717, 1.165) is 29.7 Å². The number of nitrogens with one attached hydrogen (secondary N) is 2. The number of anilines is 1. The van der Waals surface area contributed by atoms with Crippen molar-refractivity contribution in [2.24, 2.45) is 10.7 Å². The molecule has 0 aliphatic rings. The Balaban J connectivity index is 1.53. The third kappa shape index (κ3) is 6.73. The molecule has 1 heterocycles. The molecule has 0 unspecified atom stereocenters. The van der Waals surface area contributed by atoms with Crippen LogP contribution in [0, 0.1) is 0 Å². The highest BCUT2D eigenvalue weighted by Gasteiger charge is 2.06. The molecule has 3 rings (SSSR count). The van der Waals surface area contributed by atoms with Crippen LogP contribution >= 0.6 is 11.3 Å². The summed E-state index contributed by atoms with van der Waals surface area (Å²) in [5.74, 6) is 0.326. The van der Waals surface area contributed by atoms with E-state index in [4.69, 9.17) is 5.73 Å². The third-order valence-corrected chi connectivity index (χ3v) is 5.01. The van der Waals surface area contributed by atoms with E-state index in [1.165, 1.54) is 23.8 Å². The molecule has 29 heavy (non-hydrogen) atoms. The van der Waals surface area contributed by atoms with Crippen LogP contribution in [0.3, 0.4) is 0 Å². The SMILES string of the molecule is CC(=O)NCc1cccc(-c2csc(NC(N)=NCCCc3ccccc3)n2)c1. The smallest absolute Gasteiger partial charge is 0.217 e. The summed E-state index contributed by atoms with van der Waals surface area (Å²) < 4.78 is 0. The first-order valence-corrected chi connectivity index (χ1v) is 10.4. The maximum Gasteiger partial charge on any atom is 0.217 e. The number of carbonyl (C=O) groups excluding carboxylic acids is 1. The summed E-state index contributed by atoms with van der Waals surface area (Å²) >= 11 is 1.48. The van der Waals surface area contributed by atoms with Gasteiger partial charge in [-0.05, 0) is 30.0 Å². The molecule has 0 aliphatic carbocycles. The Hall–Kier alpha value is -3.19. The number of amides is 1. The summed E-state index contributed by atoms with van der Waals surface area (Å²) in [6, 6.07) is 18.3. The number of nitrogens with two attached hydrogens (primary N) is 1. The summed E-state index contributed by atoms with van der Waals surface area (Å²) in [7, 11) is 0. The zero-order valence-corrected chi connectivity index (χ0v) is 17.2. The highest BCUT2D eigenvalue weighted by atomic mass is 32.1. The molecule has 6 nitrogen and oxygen atoms in total. The van der Waals surface area contributed by atoms with Crippen molar-refractivity contribution in [3.05, 3.63) is 71.1 Å². The number of thiazole rings is 1. The van der Waals surface area contributed by atoms with E-state index in [9.17, 15) is 4.79 Å². The minimum atomic E-state index is -0.0471. The molecule has 0 radical (unpaired) electrons. The number of aliphatic imine (C=N–C) groups is 1. The number of hydrogen-bond donors (Lipinski definition) is 3. The Morgan fingerprint density at radius 2 is 1.93 bits per heavy atom. The summed E-state index contributed by atoms with van der Waals surface area (Å²) in [5, 5.41) is 8.55. The minimum absolute atomic E-state index is 0.0471. The highest BCUT2D eigenvalue weighted by Crippen LogP contribution is 2.25. The Morgan fingerprint density at radius 3 is 2.72 bits per heavy atom. The Kier molecular flexibility index (Phi) is 7.35. The molecule has 0 atom stereocenters. The molecular weight excluding hydrogens is 382 g/mol. The number of aromatic nitrogens is 1. The zero-order chi connectivity index (χ0) is 20.5. The lowest BCUT2D eigenvalue weighted by atomic mass is 10.1. The Morgan fingerprint density at radius 1 is 1.14 bits per heavy atom. The summed E-state index contributed by atoms with van der Waals surface area (Å²) in [6.45, 7) is 2.67. The quantitative estimate of drug-likeness (QED) is 0.301. The average Bonchev–Trinajstić information content (AvgIpc) is 3.19. The fourth-order valence-electron chi connectivity index (χ4n) is 2.81. The molecule has 0 aliphatic heterocycles. The maximum atomic E-state index is 11.1. The number of benzene rings is 2. The molecule has 0 bridgehead atoms. The fourth-order valence-corrected chi connectivity index (χ4v) is 3.53. The first-order valence-electron chi connectivity index (χ1n) is 9.50. The number of aryl methyl sites for hydroxylation is 1. The van der Waals surface area contributed by atoms with Gasteiger partial charge >= 0.3 is 0 Å². The summed E-state index contributed by atoms with van der Waals surface area (Å²) in [6.07, 6.45) is 1.92. The van der Waals surface area contributed by atoms with Crippen molar-refractivity contribution in [1.29, 1.82) is 0 Å². The summed E-state index contributed by atoms with van der Waals surface area (Å²) in [5.41, 5.74) is 10.2. The van der Waals surface area contributed by atoms with Crippen LogP contribution in [0.2, 0.25) is 0 Å². The molecule has 1 aromatic heterocycles. The van der Waals surface area contributed by atoms with Crippen molar-refractivity contribution in [2.45, 2.75) is 26.3 Å². The second-order valence-corrected chi connectivity index (χ2v) is 7.49. The van der Waals surface area contributed by atoms with Crippen molar-refractivity contribution in [1.82, 2.24) is 10.3 Å². The van der Waals surface area contributed by atoms with Crippen LogP contribution in [0.5, 0.6) is 0 Å². The number of hydrogen-bond acceptors (Lipinski definition) is 4. The molecule has 150 valence electrons. The molecule has 0 saturated carbocycles. The second kappa shape index (κ2) is 10.4. The predicted molar refractivity (Wildman–Crippen MR) is 120 cm³/mol. The first-order chi connectivity index (χ1) is 14.1. The lowest BCUT2D eigenvalue weighted by molar-refractivity contribution is -0.119. The van der Waals surface area contributed by atoms with E-state index >= 15 is 0 Å². The number of nitrogens with zero attached hydrogens (tertiary/aromatic N) is 2. The molecule has 3 aromatic rings. The molecular formula is C22H25N5OS. The van der Waals surface area contributed by atoms with Crippen LogP contribution in [-0.4, -0.2) is 23.4 Å². The van der Waals surface area contributed by atoms with E-state index in [1.807, 2.05) is 47.8 Å². The van der Waals surface area contributed by atoms with Gasteiger partial charge in [0.15, 0.2) is 11.1 Å². The van der Waals surface area contributed by atoms with Crippen LogP contribution < -0.4 is 16.4 Å². The molecule has 0 spiro atoms. The number of rotatable bonds is 8. The van der Waals surface area contributed by atoms with Gasteiger partial charge in [-0.2, -0.15) is 0 Å². The number of guanidine groups is 1. The van der Waals surface area contributed by atoms with Crippen molar-refractivity contribution in [3.8, 4) is 11.3 Å². The van der Waals surface area contributed by atoms with E-state index in [1.54, 1.807) is 0 Å². The maximum absolute atomic E-state index is 11.1. The predicted octanol–water partition coefficient (Wildman–Crippen LogP) is 3.81. The van der Waals surface area contributed by atoms with Crippen molar-refractivity contribution >= 4 is 28.3 Å². The molecule has 0 saturated heterocycles. The largest absolute Gasteiger partial charge is 0.370 e. The first kappa shape index (κ1) is 20.5. The van der Waals surface area contributed by atoms with Gasteiger partial charge in [-0.1, -0.05) is 48.5 Å². The second-order valence-electron chi connectivity index (χ2n) is 6.63. The zero-order valence-electron chi connectivity index (χ0n) is 16.4. The van der Waals surface area contributed by atoms with Gasteiger partial charge in [-0.3, -0.25) is 9.79 Å².